The Bertz CT molecular complexity index is 1320. The van der Waals surface area contributed by atoms with Gasteiger partial charge in [0.15, 0.2) is 5.82 Å². The Kier molecular flexibility index (Phi) is 10.00. The number of amides is 2. The van der Waals surface area contributed by atoms with Gasteiger partial charge in [-0.1, -0.05) is 23.7 Å². The van der Waals surface area contributed by atoms with Crippen molar-refractivity contribution in [2.24, 2.45) is 0 Å². The molecule has 2 aromatic carbocycles. The summed E-state index contributed by atoms with van der Waals surface area (Å²) in [7, 11) is 0. The standard InChI is InChI=1S/C27H28ClN7O2/c1-18-25(32-14-12-30-19(2)36)34-27(22-7-9-23(28)10-8-22)35-26(18)33-15-13-31-24(37)11-6-20-4-3-5-21(16-20)17-29/h3-11,16H,12-15H2,1-2H3,(H,30,36)(H,31,37)(H2,32,33,34,35). The van der Waals surface area contributed by atoms with E-state index in [1.54, 1.807) is 36.4 Å². The summed E-state index contributed by atoms with van der Waals surface area (Å²) in [6, 6.07) is 16.3. The number of hydrogen-bond acceptors (Lipinski definition) is 7. The molecule has 2 amide bonds. The molecule has 0 atom stereocenters. The number of nitrogens with zero attached hydrogens (tertiary/aromatic N) is 3. The van der Waals surface area contributed by atoms with Crippen LogP contribution in [-0.2, 0) is 9.59 Å². The van der Waals surface area contributed by atoms with Crippen molar-refractivity contribution in [3.8, 4) is 17.5 Å². The molecular weight excluding hydrogens is 490 g/mol. The van der Waals surface area contributed by atoms with Crippen LogP contribution in [0.4, 0.5) is 11.6 Å². The Labute approximate surface area is 221 Å². The van der Waals surface area contributed by atoms with Crippen molar-refractivity contribution in [3.05, 3.63) is 76.3 Å². The van der Waals surface area contributed by atoms with E-state index in [2.05, 4.69) is 37.3 Å². The first-order valence-corrected chi connectivity index (χ1v) is 12.1. The normalized spacial score (nSPS) is 10.5. The van der Waals surface area contributed by atoms with Crippen molar-refractivity contribution < 1.29 is 9.59 Å². The number of benzene rings is 2. The van der Waals surface area contributed by atoms with E-state index < -0.39 is 0 Å². The van der Waals surface area contributed by atoms with E-state index in [0.29, 0.717) is 54.2 Å². The maximum Gasteiger partial charge on any atom is 0.244 e. The number of aromatic nitrogens is 2. The van der Waals surface area contributed by atoms with E-state index in [4.69, 9.17) is 16.9 Å². The Hall–Kier alpha value is -4.42. The zero-order valence-electron chi connectivity index (χ0n) is 20.6. The quantitative estimate of drug-likeness (QED) is 0.225. The number of anilines is 2. The molecule has 9 nitrogen and oxygen atoms in total. The van der Waals surface area contributed by atoms with Crippen LogP contribution in [0.1, 0.15) is 23.6 Å². The van der Waals surface area contributed by atoms with Crippen LogP contribution in [-0.4, -0.2) is 48.0 Å². The van der Waals surface area contributed by atoms with Crippen molar-refractivity contribution in [2.45, 2.75) is 13.8 Å². The zero-order chi connectivity index (χ0) is 26.6. The maximum atomic E-state index is 12.2. The summed E-state index contributed by atoms with van der Waals surface area (Å²) in [6.07, 6.45) is 3.09. The van der Waals surface area contributed by atoms with Gasteiger partial charge in [-0.05, 0) is 55.0 Å². The van der Waals surface area contributed by atoms with E-state index >= 15 is 0 Å². The largest absolute Gasteiger partial charge is 0.368 e. The van der Waals surface area contributed by atoms with Gasteiger partial charge < -0.3 is 21.3 Å². The Morgan fingerprint density at radius 1 is 0.973 bits per heavy atom. The molecule has 0 bridgehead atoms. The number of halogens is 1. The molecule has 0 aliphatic heterocycles. The number of hydrogen-bond donors (Lipinski definition) is 4. The second-order valence-corrected chi connectivity index (χ2v) is 8.51. The second kappa shape index (κ2) is 13.6. The predicted octanol–water partition coefficient (Wildman–Crippen LogP) is 3.77. The lowest BCUT2D eigenvalue weighted by molar-refractivity contribution is -0.119. The van der Waals surface area contributed by atoms with Crippen LogP contribution >= 0.6 is 11.6 Å². The van der Waals surface area contributed by atoms with Crippen molar-refractivity contribution in [2.75, 3.05) is 36.8 Å². The SMILES string of the molecule is CC(=O)NCCNc1nc(-c2ccc(Cl)cc2)nc(NCCNC(=O)C=Cc2cccc(C#N)c2)c1C. The van der Waals surface area contributed by atoms with Gasteiger partial charge in [0.25, 0.3) is 0 Å². The second-order valence-electron chi connectivity index (χ2n) is 8.07. The highest BCUT2D eigenvalue weighted by molar-refractivity contribution is 6.30. The van der Waals surface area contributed by atoms with Gasteiger partial charge in [-0.2, -0.15) is 5.26 Å². The molecule has 1 heterocycles. The molecule has 4 N–H and O–H groups in total. The Balaban J connectivity index is 1.64. The third kappa shape index (κ3) is 8.63. The predicted molar refractivity (Wildman–Crippen MR) is 146 cm³/mol. The molecule has 0 unspecified atom stereocenters. The molecule has 0 fully saturated rings. The molecule has 190 valence electrons. The number of carbonyl (C=O) groups excluding carboxylic acids is 2. The average molecular weight is 518 g/mol. The summed E-state index contributed by atoms with van der Waals surface area (Å²) in [5, 5.41) is 21.7. The summed E-state index contributed by atoms with van der Waals surface area (Å²) in [6.45, 7) is 5.12. The van der Waals surface area contributed by atoms with Crippen LogP contribution in [0.15, 0.2) is 54.6 Å². The molecule has 10 heteroatoms. The van der Waals surface area contributed by atoms with Crippen LogP contribution in [0, 0.1) is 18.3 Å². The smallest absolute Gasteiger partial charge is 0.244 e. The highest BCUT2D eigenvalue weighted by atomic mass is 35.5. The van der Waals surface area contributed by atoms with Crippen molar-refractivity contribution >= 4 is 41.1 Å². The summed E-state index contributed by atoms with van der Waals surface area (Å²) in [4.78, 5) is 32.7. The minimum absolute atomic E-state index is 0.0991. The lowest BCUT2D eigenvalue weighted by Crippen LogP contribution is -2.28. The highest BCUT2D eigenvalue weighted by Gasteiger charge is 2.12. The van der Waals surface area contributed by atoms with Crippen molar-refractivity contribution in [1.82, 2.24) is 20.6 Å². The first kappa shape index (κ1) is 27.2. The molecule has 0 saturated carbocycles. The fraction of sp³-hybridized carbons (Fsp3) is 0.222. The van der Waals surface area contributed by atoms with Crippen LogP contribution in [0.25, 0.3) is 17.5 Å². The zero-order valence-corrected chi connectivity index (χ0v) is 21.4. The summed E-state index contributed by atoms with van der Waals surface area (Å²) < 4.78 is 0. The van der Waals surface area contributed by atoms with E-state index in [1.807, 2.05) is 25.1 Å². The van der Waals surface area contributed by atoms with Gasteiger partial charge >= 0.3 is 0 Å². The maximum absolute atomic E-state index is 12.2. The first-order valence-electron chi connectivity index (χ1n) is 11.7. The molecule has 3 rings (SSSR count). The van der Waals surface area contributed by atoms with Gasteiger partial charge in [-0.15, -0.1) is 0 Å². The molecule has 3 aromatic rings. The summed E-state index contributed by atoms with van der Waals surface area (Å²) in [5.41, 5.74) is 2.92. The van der Waals surface area contributed by atoms with Gasteiger partial charge in [-0.3, -0.25) is 9.59 Å². The minimum Gasteiger partial charge on any atom is -0.368 e. The Morgan fingerprint density at radius 2 is 1.62 bits per heavy atom. The Morgan fingerprint density at radius 3 is 2.24 bits per heavy atom. The van der Waals surface area contributed by atoms with Crippen LogP contribution in [0.2, 0.25) is 5.02 Å². The fourth-order valence-corrected chi connectivity index (χ4v) is 3.44. The topological polar surface area (TPSA) is 132 Å². The number of nitriles is 1. The molecule has 0 aliphatic carbocycles. The van der Waals surface area contributed by atoms with Crippen LogP contribution < -0.4 is 21.3 Å². The highest BCUT2D eigenvalue weighted by Crippen LogP contribution is 2.26. The van der Waals surface area contributed by atoms with Gasteiger partial charge in [0.1, 0.15) is 11.6 Å². The van der Waals surface area contributed by atoms with Crippen LogP contribution in [0.3, 0.4) is 0 Å². The molecule has 37 heavy (non-hydrogen) atoms. The van der Waals surface area contributed by atoms with E-state index in [-0.39, 0.29) is 11.8 Å². The minimum atomic E-state index is -0.245. The lowest BCUT2D eigenvalue weighted by atomic mass is 10.1. The first-order chi connectivity index (χ1) is 17.9. The number of carbonyl (C=O) groups is 2. The number of rotatable bonds is 11. The van der Waals surface area contributed by atoms with E-state index in [0.717, 1.165) is 16.7 Å². The molecule has 0 aliphatic rings. The van der Waals surface area contributed by atoms with Gasteiger partial charge in [-0.25, -0.2) is 9.97 Å². The number of nitrogens with one attached hydrogen (secondary N) is 4. The molecule has 1 aromatic heterocycles. The fourth-order valence-electron chi connectivity index (χ4n) is 3.32. The van der Waals surface area contributed by atoms with Crippen molar-refractivity contribution in [3.63, 3.8) is 0 Å². The molecule has 0 saturated heterocycles. The summed E-state index contributed by atoms with van der Waals surface area (Å²) >= 11 is 6.03. The molecule has 0 spiro atoms. The lowest BCUT2D eigenvalue weighted by Gasteiger charge is -2.16. The summed E-state index contributed by atoms with van der Waals surface area (Å²) in [5.74, 6) is 1.43. The third-order valence-electron chi connectivity index (χ3n) is 5.20. The molecule has 0 radical (unpaired) electrons. The van der Waals surface area contributed by atoms with Crippen molar-refractivity contribution in [1.29, 1.82) is 5.26 Å². The van der Waals surface area contributed by atoms with Gasteiger partial charge in [0.2, 0.25) is 11.8 Å². The van der Waals surface area contributed by atoms with E-state index in [9.17, 15) is 9.59 Å². The van der Waals surface area contributed by atoms with Gasteiger partial charge in [0, 0.05) is 55.3 Å². The third-order valence-corrected chi connectivity index (χ3v) is 5.45. The van der Waals surface area contributed by atoms with Gasteiger partial charge in [0.05, 0.1) is 11.6 Å². The molecular formula is C27H28ClN7O2. The van der Waals surface area contributed by atoms with Crippen LogP contribution in [0.5, 0.6) is 0 Å². The average Bonchev–Trinajstić information content (AvgIpc) is 2.89. The van der Waals surface area contributed by atoms with E-state index in [1.165, 1.54) is 13.0 Å². The monoisotopic (exact) mass is 517 g/mol.